The third-order valence-corrected chi connectivity index (χ3v) is 5.20. The molecule has 0 aliphatic carbocycles. The zero-order valence-corrected chi connectivity index (χ0v) is 19.2. The van der Waals surface area contributed by atoms with Gasteiger partial charge in [0.25, 0.3) is 5.91 Å². The standard InChI is InChI=1S/C25H21F2N3O6/c1-33-19-4-6-30-23(22(19)25(28)32)13-9-15(26)24(16(27)10-13)36-18-3-5-29-17-12-20(34-2)21(11-14(17)18)35-8-7-31/h3-6,9-12,31H,7-8H2,1-2H3,(H2,28,32). The van der Waals surface area contributed by atoms with E-state index in [1.165, 1.54) is 44.8 Å². The summed E-state index contributed by atoms with van der Waals surface area (Å²) in [6, 6.07) is 7.92. The molecule has 2 aromatic heterocycles. The fourth-order valence-corrected chi connectivity index (χ4v) is 3.62. The molecule has 3 N–H and O–H groups in total. The predicted octanol–water partition coefficient (Wildman–Crippen LogP) is 3.85. The number of benzene rings is 2. The van der Waals surface area contributed by atoms with Crippen LogP contribution in [0.1, 0.15) is 10.4 Å². The Morgan fingerprint density at radius 2 is 1.61 bits per heavy atom. The third kappa shape index (κ3) is 4.68. The van der Waals surface area contributed by atoms with Gasteiger partial charge < -0.3 is 29.8 Å². The van der Waals surface area contributed by atoms with Gasteiger partial charge in [0, 0.05) is 29.4 Å². The summed E-state index contributed by atoms with van der Waals surface area (Å²) in [5, 5.41) is 9.46. The second kappa shape index (κ2) is 10.4. The minimum Gasteiger partial charge on any atom is -0.496 e. The van der Waals surface area contributed by atoms with Crippen molar-refractivity contribution in [2.75, 3.05) is 27.4 Å². The van der Waals surface area contributed by atoms with Gasteiger partial charge in [-0.1, -0.05) is 0 Å². The Bertz CT molecular complexity index is 1420. The van der Waals surface area contributed by atoms with Crippen LogP contribution >= 0.6 is 0 Å². The maximum Gasteiger partial charge on any atom is 0.254 e. The van der Waals surface area contributed by atoms with Crippen LogP contribution in [-0.4, -0.2) is 48.4 Å². The van der Waals surface area contributed by atoms with Gasteiger partial charge in [0.1, 0.15) is 23.7 Å². The summed E-state index contributed by atoms with van der Waals surface area (Å²) < 4.78 is 51.8. The van der Waals surface area contributed by atoms with Crippen LogP contribution in [0.4, 0.5) is 8.78 Å². The molecule has 11 heteroatoms. The number of aliphatic hydroxyl groups excluding tert-OH is 1. The van der Waals surface area contributed by atoms with Crippen LogP contribution in [0.25, 0.3) is 22.2 Å². The summed E-state index contributed by atoms with van der Waals surface area (Å²) in [6.45, 7) is -0.214. The quantitative estimate of drug-likeness (QED) is 0.357. The molecule has 0 saturated heterocycles. The van der Waals surface area contributed by atoms with E-state index in [2.05, 4.69) is 9.97 Å². The predicted molar refractivity (Wildman–Crippen MR) is 126 cm³/mol. The summed E-state index contributed by atoms with van der Waals surface area (Å²) >= 11 is 0. The normalized spacial score (nSPS) is 10.8. The summed E-state index contributed by atoms with van der Waals surface area (Å²) in [7, 11) is 2.78. The first-order valence-corrected chi connectivity index (χ1v) is 10.6. The highest BCUT2D eigenvalue weighted by molar-refractivity contribution is 6.01. The number of halogens is 2. The lowest BCUT2D eigenvalue weighted by Crippen LogP contribution is -2.15. The Morgan fingerprint density at radius 3 is 2.25 bits per heavy atom. The van der Waals surface area contributed by atoms with E-state index in [4.69, 9.17) is 29.8 Å². The van der Waals surface area contributed by atoms with Crippen LogP contribution in [0, 0.1) is 11.6 Å². The molecule has 0 fully saturated rings. The van der Waals surface area contributed by atoms with Gasteiger partial charge in [-0.05, 0) is 30.3 Å². The number of pyridine rings is 2. The number of carbonyl (C=O) groups excluding carboxylic acids is 1. The zero-order valence-electron chi connectivity index (χ0n) is 19.2. The maximum atomic E-state index is 15.1. The summed E-state index contributed by atoms with van der Waals surface area (Å²) in [5.74, 6) is -2.77. The van der Waals surface area contributed by atoms with Crippen molar-refractivity contribution in [2.24, 2.45) is 5.73 Å². The first-order valence-electron chi connectivity index (χ1n) is 10.6. The van der Waals surface area contributed by atoms with Crippen molar-refractivity contribution < 1.29 is 37.6 Å². The third-order valence-electron chi connectivity index (χ3n) is 5.20. The Hall–Kier alpha value is -4.51. The number of primary amides is 1. The molecule has 9 nitrogen and oxygen atoms in total. The van der Waals surface area contributed by atoms with Crippen LogP contribution in [0.5, 0.6) is 28.7 Å². The summed E-state index contributed by atoms with van der Waals surface area (Å²) in [6.07, 6.45) is 2.74. The fraction of sp³-hybridized carbons (Fsp3) is 0.160. The number of ether oxygens (including phenoxy) is 4. The van der Waals surface area contributed by atoms with Gasteiger partial charge in [-0.3, -0.25) is 14.8 Å². The molecule has 4 aromatic rings. The van der Waals surface area contributed by atoms with Crippen LogP contribution in [0.15, 0.2) is 48.8 Å². The number of hydrogen-bond acceptors (Lipinski definition) is 8. The number of aliphatic hydroxyl groups is 1. The largest absolute Gasteiger partial charge is 0.496 e. The molecule has 36 heavy (non-hydrogen) atoms. The molecule has 0 atom stereocenters. The molecular weight excluding hydrogens is 476 g/mol. The maximum absolute atomic E-state index is 15.1. The van der Waals surface area contributed by atoms with Crippen molar-refractivity contribution in [1.82, 2.24) is 9.97 Å². The van der Waals surface area contributed by atoms with Crippen molar-refractivity contribution in [3.8, 4) is 40.0 Å². The Labute approximate surface area is 204 Å². The molecule has 1 amide bonds. The van der Waals surface area contributed by atoms with E-state index in [0.717, 1.165) is 12.1 Å². The van der Waals surface area contributed by atoms with Gasteiger partial charge in [-0.2, -0.15) is 0 Å². The molecule has 186 valence electrons. The zero-order chi connectivity index (χ0) is 25.8. The minimum absolute atomic E-state index is 0.00857. The average molecular weight is 497 g/mol. The summed E-state index contributed by atoms with van der Waals surface area (Å²) in [4.78, 5) is 20.3. The molecule has 2 heterocycles. The van der Waals surface area contributed by atoms with Crippen LogP contribution in [0.3, 0.4) is 0 Å². The van der Waals surface area contributed by atoms with Crippen molar-refractivity contribution in [3.05, 3.63) is 66.0 Å². The molecule has 0 unspecified atom stereocenters. The fourth-order valence-electron chi connectivity index (χ4n) is 3.62. The monoisotopic (exact) mass is 497 g/mol. The summed E-state index contributed by atoms with van der Waals surface area (Å²) in [5.41, 5.74) is 5.67. The van der Waals surface area contributed by atoms with E-state index < -0.39 is 23.3 Å². The van der Waals surface area contributed by atoms with Gasteiger partial charge >= 0.3 is 0 Å². The molecule has 2 aromatic carbocycles. The minimum atomic E-state index is -1.04. The van der Waals surface area contributed by atoms with E-state index in [9.17, 15) is 4.79 Å². The van der Waals surface area contributed by atoms with Crippen LogP contribution in [-0.2, 0) is 0 Å². The van der Waals surface area contributed by atoms with Gasteiger partial charge in [0.15, 0.2) is 28.9 Å². The van der Waals surface area contributed by atoms with Crippen molar-refractivity contribution in [2.45, 2.75) is 0 Å². The lowest BCUT2D eigenvalue weighted by molar-refractivity contribution is 0.0997. The molecule has 4 rings (SSSR count). The highest BCUT2D eigenvalue weighted by Gasteiger charge is 2.22. The van der Waals surface area contributed by atoms with Gasteiger partial charge in [-0.15, -0.1) is 0 Å². The Morgan fingerprint density at radius 1 is 0.944 bits per heavy atom. The molecule has 0 saturated carbocycles. The number of nitrogens with zero attached hydrogens (tertiary/aromatic N) is 2. The Kier molecular flexibility index (Phi) is 7.11. The van der Waals surface area contributed by atoms with Gasteiger partial charge in [0.05, 0.1) is 32.0 Å². The number of amides is 1. The number of aromatic nitrogens is 2. The average Bonchev–Trinajstić information content (AvgIpc) is 2.88. The molecule has 0 radical (unpaired) electrons. The van der Waals surface area contributed by atoms with Crippen LogP contribution < -0.4 is 24.7 Å². The number of nitrogens with two attached hydrogens (primary N) is 1. The molecule has 0 spiro atoms. The van der Waals surface area contributed by atoms with E-state index in [1.54, 1.807) is 6.07 Å². The second-order valence-corrected chi connectivity index (χ2v) is 7.37. The molecule has 0 aliphatic rings. The molecular formula is C25H21F2N3O6. The highest BCUT2D eigenvalue weighted by atomic mass is 19.1. The second-order valence-electron chi connectivity index (χ2n) is 7.37. The number of fused-ring (bicyclic) bond motifs is 1. The number of carbonyl (C=O) groups is 1. The first-order chi connectivity index (χ1) is 17.4. The number of hydrogen-bond donors (Lipinski definition) is 2. The number of methoxy groups -OCH3 is 2. The lowest BCUT2D eigenvalue weighted by atomic mass is 10.0. The van der Waals surface area contributed by atoms with Crippen molar-refractivity contribution >= 4 is 16.8 Å². The first kappa shape index (κ1) is 24.6. The topological polar surface area (TPSA) is 126 Å². The number of rotatable bonds is 9. The van der Waals surface area contributed by atoms with Crippen LogP contribution in [0.2, 0.25) is 0 Å². The molecule has 0 aliphatic heterocycles. The van der Waals surface area contributed by atoms with E-state index in [-0.39, 0.29) is 47.3 Å². The Balaban J connectivity index is 1.77. The van der Waals surface area contributed by atoms with Gasteiger partial charge in [0.2, 0.25) is 0 Å². The lowest BCUT2D eigenvalue weighted by Gasteiger charge is -2.15. The van der Waals surface area contributed by atoms with Crippen molar-refractivity contribution in [3.63, 3.8) is 0 Å². The van der Waals surface area contributed by atoms with Gasteiger partial charge in [-0.25, -0.2) is 8.78 Å². The van der Waals surface area contributed by atoms with E-state index in [1.807, 2.05) is 0 Å². The van der Waals surface area contributed by atoms with Crippen molar-refractivity contribution in [1.29, 1.82) is 0 Å². The van der Waals surface area contributed by atoms with E-state index in [0.29, 0.717) is 16.7 Å². The molecule has 0 bridgehead atoms. The highest BCUT2D eigenvalue weighted by Crippen LogP contribution is 2.39. The smallest absolute Gasteiger partial charge is 0.254 e. The SMILES string of the molecule is COc1cc2nccc(Oc3c(F)cc(-c4nccc(OC)c4C(N)=O)cc3F)c2cc1OCCO. The van der Waals surface area contributed by atoms with E-state index >= 15 is 8.78 Å².